The molecule has 5 rings (SSSR count). The van der Waals surface area contributed by atoms with Gasteiger partial charge < -0.3 is 4.57 Å². The molecular formula is C29H34N4S. The molecule has 34 heavy (non-hydrogen) atoms. The van der Waals surface area contributed by atoms with Crippen LogP contribution in [0.1, 0.15) is 30.3 Å². The predicted octanol–water partition coefficient (Wildman–Crippen LogP) is 5.90. The standard InChI is InChI=1S/C29H34N4S/c1-2-19-34-26-13-14-27-28(20-26)33(22-25-11-7-4-8-12-25)29(30-27)23-32-17-15-31(16-18-32)21-24-9-5-3-6-10-24/h3-14,20H,2,15-19,21-23H2,1H3. The van der Waals surface area contributed by atoms with Crippen LogP contribution in [0.2, 0.25) is 0 Å². The van der Waals surface area contributed by atoms with Crippen LogP contribution in [0.4, 0.5) is 0 Å². The number of benzene rings is 3. The summed E-state index contributed by atoms with van der Waals surface area (Å²) in [5.41, 5.74) is 5.08. The first-order valence-electron chi connectivity index (χ1n) is 12.4. The van der Waals surface area contributed by atoms with Gasteiger partial charge in [-0.15, -0.1) is 11.8 Å². The first kappa shape index (κ1) is 23.2. The molecule has 0 unspecified atom stereocenters. The van der Waals surface area contributed by atoms with Crippen molar-refractivity contribution in [3.05, 3.63) is 95.8 Å². The molecule has 0 N–H and O–H groups in total. The number of hydrogen-bond donors (Lipinski definition) is 0. The molecule has 4 nitrogen and oxygen atoms in total. The van der Waals surface area contributed by atoms with Crippen LogP contribution in [0.3, 0.4) is 0 Å². The number of piperazine rings is 1. The Morgan fingerprint density at radius 2 is 1.35 bits per heavy atom. The highest BCUT2D eigenvalue weighted by Crippen LogP contribution is 2.26. The van der Waals surface area contributed by atoms with Crippen LogP contribution in [0.15, 0.2) is 83.8 Å². The fraction of sp³-hybridized carbons (Fsp3) is 0.345. The van der Waals surface area contributed by atoms with Crippen LogP contribution in [0.5, 0.6) is 0 Å². The molecule has 1 aliphatic heterocycles. The Labute approximate surface area is 207 Å². The van der Waals surface area contributed by atoms with E-state index >= 15 is 0 Å². The maximum atomic E-state index is 5.11. The second-order valence-corrected chi connectivity index (χ2v) is 10.3. The van der Waals surface area contributed by atoms with Crippen molar-refractivity contribution >= 4 is 22.8 Å². The number of hydrogen-bond acceptors (Lipinski definition) is 4. The summed E-state index contributed by atoms with van der Waals surface area (Å²) < 4.78 is 2.44. The summed E-state index contributed by atoms with van der Waals surface area (Å²) in [6.07, 6.45) is 1.19. The van der Waals surface area contributed by atoms with E-state index in [0.717, 1.165) is 57.1 Å². The van der Waals surface area contributed by atoms with Crippen LogP contribution in [-0.4, -0.2) is 51.3 Å². The lowest BCUT2D eigenvalue weighted by Crippen LogP contribution is -2.45. The van der Waals surface area contributed by atoms with E-state index in [0.29, 0.717) is 0 Å². The average Bonchev–Trinajstić information content (AvgIpc) is 3.21. The summed E-state index contributed by atoms with van der Waals surface area (Å²) >= 11 is 1.94. The molecule has 0 spiro atoms. The van der Waals surface area contributed by atoms with Crippen molar-refractivity contribution in [2.24, 2.45) is 0 Å². The topological polar surface area (TPSA) is 24.3 Å². The van der Waals surface area contributed by atoms with Gasteiger partial charge in [-0.2, -0.15) is 0 Å². The van der Waals surface area contributed by atoms with Crippen LogP contribution in [0.25, 0.3) is 11.0 Å². The minimum Gasteiger partial charge on any atom is -0.322 e. The minimum absolute atomic E-state index is 0.864. The lowest BCUT2D eigenvalue weighted by molar-refractivity contribution is 0.119. The van der Waals surface area contributed by atoms with Gasteiger partial charge in [-0.25, -0.2) is 4.98 Å². The monoisotopic (exact) mass is 470 g/mol. The van der Waals surface area contributed by atoms with E-state index in [2.05, 4.69) is 100 Å². The molecule has 1 saturated heterocycles. The van der Waals surface area contributed by atoms with Crippen molar-refractivity contribution in [1.29, 1.82) is 0 Å². The Bertz CT molecular complexity index is 1180. The number of imidazole rings is 1. The number of thioether (sulfide) groups is 1. The molecule has 0 saturated carbocycles. The number of rotatable bonds is 9. The molecule has 1 fully saturated rings. The lowest BCUT2D eigenvalue weighted by atomic mass is 10.2. The molecule has 1 aliphatic rings. The van der Waals surface area contributed by atoms with Gasteiger partial charge in [0, 0.05) is 44.2 Å². The Hall–Kier alpha value is -2.60. The van der Waals surface area contributed by atoms with Crippen molar-refractivity contribution in [1.82, 2.24) is 19.4 Å². The molecule has 0 radical (unpaired) electrons. The average molecular weight is 471 g/mol. The fourth-order valence-corrected chi connectivity index (χ4v) is 5.47. The van der Waals surface area contributed by atoms with E-state index in [9.17, 15) is 0 Å². The fourth-order valence-electron chi connectivity index (χ4n) is 4.67. The van der Waals surface area contributed by atoms with E-state index < -0.39 is 0 Å². The van der Waals surface area contributed by atoms with E-state index in [1.807, 2.05) is 11.8 Å². The van der Waals surface area contributed by atoms with Gasteiger partial charge in [-0.05, 0) is 41.5 Å². The largest absolute Gasteiger partial charge is 0.322 e. The number of fused-ring (bicyclic) bond motifs is 1. The molecule has 0 aliphatic carbocycles. The molecule has 0 atom stereocenters. The first-order chi connectivity index (χ1) is 16.8. The van der Waals surface area contributed by atoms with Crippen molar-refractivity contribution in [3.63, 3.8) is 0 Å². The zero-order chi connectivity index (χ0) is 23.2. The van der Waals surface area contributed by atoms with Gasteiger partial charge in [0.2, 0.25) is 0 Å². The highest BCUT2D eigenvalue weighted by molar-refractivity contribution is 7.99. The SMILES string of the molecule is CCCSc1ccc2nc(CN3CCN(Cc4ccccc4)CC3)n(Cc3ccccc3)c2c1. The summed E-state index contributed by atoms with van der Waals surface area (Å²) in [5.74, 6) is 2.33. The van der Waals surface area contributed by atoms with Gasteiger partial charge in [0.1, 0.15) is 5.82 Å². The molecular weight excluding hydrogens is 436 g/mol. The van der Waals surface area contributed by atoms with Gasteiger partial charge in [0.15, 0.2) is 0 Å². The van der Waals surface area contributed by atoms with Crippen molar-refractivity contribution < 1.29 is 0 Å². The molecule has 0 amide bonds. The second kappa shape index (κ2) is 11.2. The molecule has 5 heteroatoms. The highest BCUT2D eigenvalue weighted by atomic mass is 32.2. The van der Waals surface area contributed by atoms with E-state index in [1.165, 1.54) is 33.8 Å². The molecule has 2 heterocycles. The highest BCUT2D eigenvalue weighted by Gasteiger charge is 2.20. The summed E-state index contributed by atoms with van der Waals surface area (Å²) in [5, 5.41) is 0. The maximum Gasteiger partial charge on any atom is 0.124 e. The third kappa shape index (κ3) is 5.72. The zero-order valence-corrected chi connectivity index (χ0v) is 20.9. The van der Waals surface area contributed by atoms with Crippen molar-refractivity contribution in [2.45, 2.75) is 37.9 Å². The second-order valence-electron chi connectivity index (χ2n) is 9.14. The Morgan fingerprint density at radius 3 is 2.00 bits per heavy atom. The number of aromatic nitrogens is 2. The molecule has 4 aromatic rings. The zero-order valence-electron chi connectivity index (χ0n) is 20.1. The van der Waals surface area contributed by atoms with Crippen LogP contribution in [-0.2, 0) is 19.6 Å². The molecule has 0 bridgehead atoms. The normalized spacial score (nSPS) is 15.2. The summed E-state index contributed by atoms with van der Waals surface area (Å²) in [6.45, 7) is 9.41. The van der Waals surface area contributed by atoms with E-state index in [1.54, 1.807) is 0 Å². The third-order valence-corrected chi connectivity index (χ3v) is 7.73. The van der Waals surface area contributed by atoms with Gasteiger partial charge in [-0.3, -0.25) is 9.80 Å². The molecule has 176 valence electrons. The minimum atomic E-state index is 0.864. The smallest absolute Gasteiger partial charge is 0.124 e. The Kier molecular flexibility index (Phi) is 7.64. The van der Waals surface area contributed by atoms with E-state index in [4.69, 9.17) is 4.98 Å². The maximum absolute atomic E-state index is 5.11. The lowest BCUT2D eigenvalue weighted by Gasteiger charge is -2.34. The Morgan fingerprint density at radius 1 is 0.735 bits per heavy atom. The van der Waals surface area contributed by atoms with Crippen molar-refractivity contribution in [3.8, 4) is 0 Å². The van der Waals surface area contributed by atoms with Crippen molar-refractivity contribution in [2.75, 3.05) is 31.9 Å². The quantitative estimate of drug-likeness (QED) is 0.284. The van der Waals surface area contributed by atoms with Gasteiger partial charge >= 0.3 is 0 Å². The van der Waals surface area contributed by atoms with Gasteiger partial charge in [-0.1, -0.05) is 67.6 Å². The van der Waals surface area contributed by atoms with E-state index in [-0.39, 0.29) is 0 Å². The molecule has 3 aromatic carbocycles. The predicted molar refractivity (Wildman–Crippen MR) is 143 cm³/mol. The first-order valence-corrected chi connectivity index (χ1v) is 13.4. The van der Waals surface area contributed by atoms with Crippen LogP contribution < -0.4 is 0 Å². The van der Waals surface area contributed by atoms with Gasteiger partial charge in [0.05, 0.1) is 17.6 Å². The summed E-state index contributed by atoms with van der Waals surface area (Å²) in [6, 6.07) is 28.4. The van der Waals surface area contributed by atoms with Crippen LogP contribution >= 0.6 is 11.8 Å². The Balaban J connectivity index is 1.33. The molecule has 1 aromatic heterocycles. The third-order valence-electron chi connectivity index (χ3n) is 6.53. The van der Waals surface area contributed by atoms with Gasteiger partial charge in [0.25, 0.3) is 0 Å². The van der Waals surface area contributed by atoms with Crippen LogP contribution in [0, 0.1) is 0 Å². The summed E-state index contributed by atoms with van der Waals surface area (Å²) in [7, 11) is 0. The number of nitrogens with zero attached hydrogens (tertiary/aromatic N) is 4. The summed E-state index contributed by atoms with van der Waals surface area (Å²) in [4.78, 5) is 11.6.